The number of para-hydroxylation sites is 1. The molecule has 0 amide bonds. The molecule has 1 aliphatic heterocycles. The maximum absolute atomic E-state index is 12.8. The fourth-order valence-electron chi connectivity index (χ4n) is 4.15. The van der Waals surface area contributed by atoms with E-state index in [1.54, 1.807) is 29.3 Å². The Hall–Kier alpha value is -2.63. The molecule has 35 heavy (non-hydrogen) atoms. The second-order valence-electron chi connectivity index (χ2n) is 8.73. The Morgan fingerprint density at radius 1 is 1.06 bits per heavy atom. The van der Waals surface area contributed by atoms with E-state index in [2.05, 4.69) is 9.57 Å². The minimum atomic E-state index is -5.01. The number of hydrazine groups is 1. The summed E-state index contributed by atoms with van der Waals surface area (Å²) in [7, 11) is -4.27. The van der Waals surface area contributed by atoms with Gasteiger partial charge in [-0.15, -0.1) is 18.0 Å². The van der Waals surface area contributed by atoms with Crippen molar-refractivity contribution in [3.63, 3.8) is 0 Å². The molecule has 190 valence electrons. The first kappa shape index (κ1) is 25.5. The topological polar surface area (TPSA) is 84.9 Å². The van der Waals surface area contributed by atoms with Crippen molar-refractivity contribution in [2.24, 2.45) is 5.92 Å². The van der Waals surface area contributed by atoms with Crippen molar-refractivity contribution in [1.29, 1.82) is 0 Å². The van der Waals surface area contributed by atoms with Crippen molar-refractivity contribution in [1.82, 2.24) is 9.84 Å². The van der Waals surface area contributed by atoms with Crippen LogP contribution in [0.3, 0.4) is 0 Å². The van der Waals surface area contributed by atoms with Crippen LogP contribution in [0.1, 0.15) is 48.9 Å². The number of hydrogen-bond donors (Lipinski definition) is 1. The third kappa shape index (κ3) is 6.96. The maximum atomic E-state index is 12.8. The average molecular weight is 513 g/mol. The summed E-state index contributed by atoms with van der Waals surface area (Å²) in [5.74, 6) is 0.219. The van der Waals surface area contributed by atoms with Gasteiger partial charge >= 0.3 is 6.36 Å². The van der Waals surface area contributed by atoms with Gasteiger partial charge in [-0.2, -0.15) is 0 Å². The Morgan fingerprint density at radius 2 is 1.77 bits per heavy atom. The molecule has 0 bridgehead atoms. The molecule has 1 saturated heterocycles. The molecule has 1 aliphatic carbocycles. The fraction of sp³-hybridized carbons (Fsp3) is 0.458. The number of Topliss-reactive ketones (excluding diaryl/α,β-unsaturated/α-hetero) is 1. The highest BCUT2D eigenvalue weighted by molar-refractivity contribution is 7.89. The molecule has 0 aromatic heterocycles. The lowest BCUT2D eigenvalue weighted by atomic mass is 10.1. The minimum Gasteiger partial charge on any atom is -0.494 e. The van der Waals surface area contributed by atoms with Crippen LogP contribution in [0.5, 0.6) is 11.5 Å². The molecule has 7 nitrogen and oxygen atoms in total. The zero-order valence-electron chi connectivity index (χ0n) is 19.0. The quantitative estimate of drug-likeness (QED) is 0.347. The Bertz CT molecular complexity index is 1130. The summed E-state index contributed by atoms with van der Waals surface area (Å²) in [6.45, 7) is 0.860. The van der Waals surface area contributed by atoms with Gasteiger partial charge in [-0.25, -0.2) is 13.4 Å². The van der Waals surface area contributed by atoms with Gasteiger partial charge in [-0.3, -0.25) is 4.79 Å². The van der Waals surface area contributed by atoms with Gasteiger partial charge in [0.2, 0.25) is 0 Å². The van der Waals surface area contributed by atoms with E-state index in [0.29, 0.717) is 37.3 Å². The molecule has 1 atom stereocenters. The molecule has 1 saturated carbocycles. The molecule has 2 aromatic rings. The van der Waals surface area contributed by atoms with Gasteiger partial charge in [0.1, 0.15) is 16.4 Å². The Morgan fingerprint density at radius 3 is 2.46 bits per heavy atom. The highest BCUT2D eigenvalue weighted by Crippen LogP contribution is 2.33. The molecule has 11 heteroatoms. The zero-order chi connectivity index (χ0) is 25.1. The molecule has 1 heterocycles. The maximum Gasteiger partial charge on any atom is 0.573 e. The minimum absolute atomic E-state index is 0.109. The van der Waals surface area contributed by atoms with E-state index >= 15 is 0 Å². The van der Waals surface area contributed by atoms with Crippen molar-refractivity contribution < 1.29 is 35.9 Å². The van der Waals surface area contributed by atoms with Crippen molar-refractivity contribution in [2.45, 2.75) is 55.8 Å². The molecule has 0 radical (unpaired) electrons. The standard InChI is InChI=1S/C24H27F3N2O5S/c25-24(26,27)34-21-7-1-2-8-22(21)35(31,32)28-29-15-3-5-19(29)6-4-16-33-20-13-11-18(12-14-20)23(30)17-9-10-17/h1-2,7-8,11-14,17,19,28H,3-6,9-10,15-16H2/t19-/m1/s1. The summed E-state index contributed by atoms with van der Waals surface area (Å²) in [6, 6.07) is 11.6. The average Bonchev–Trinajstić information content (AvgIpc) is 3.57. The van der Waals surface area contributed by atoms with E-state index in [-0.39, 0.29) is 17.7 Å². The van der Waals surface area contributed by atoms with Crippen LogP contribution < -0.4 is 14.3 Å². The van der Waals surface area contributed by atoms with Crippen molar-refractivity contribution in [2.75, 3.05) is 13.2 Å². The summed E-state index contributed by atoms with van der Waals surface area (Å²) in [6.07, 6.45) is -0.291. The van der Waals surface area contributed by atoms with Crippen LogP contribution in [-0.2, 0) is 10.0 Å². The van der Waals surface area contributed by atoms with Gasteiger partial charge < -0.3 is 9.47 Å². The number of carbonyl (C=O) groups is 1. The predicted octanol–water partition coefficient (Wildman–Crippen LogP) is 4.69. The molecule has 2 aliphatic rings. The summed E-state index contributed by atoms with van der Waals surface area (Å²) >= 11 is 0. The van der Waals surface area contributed by atoms with Crippen LogP contribution in [0.25, 0.3) is 0 Å². The van der Waals surface area contributed by atoms with Crippen LogP contribution in [0, 0.1) is 5.92 Å². The first-order chi connectivity index (χ1) is 16.6. The Balaban J connectivity index is 1.28. The molecule has 0 unspecified atom stereocenters. The summed E-state index contributed by atoms with van der Waals surface area (Å²) in [5.41, 5.74) is 0.691. The number of alkyl halides is 3. The monoisotopic (exact) mass is 512 g/mol. The molecular formula is C24H27F3N2O5S. The highest BCUT2D eigenvalue weighted by atomic mass is 32.2. The van der Waals surface area contributed by atoms with Crippen LogP contribution in [0.15, 0.2) is 53.4 Å². The molecular weight excluding hydrogens is 485 g/mol. The highest BCUT2D eigenvalue weighted by Gasteiger charge is 2.35. The summed E-state index contributed by atoms with van der Waals surface area (Å²) in [5, 5.41) is 1.55. The Kier molecular flexibility index (Phi) is 7.67. The zero-order valence-corrected chi connectivity index (χ0v) is 19.8. The first-order valence-corrected chi connectivity index (χ1v) is 13.0. The van der Waals surface area contributed by atoms with Crippen LogP contribution >= 0.6 is 0 Å². The molecule has 2 fully saturated rings. The lowest BCUT2D eigenvalue weighted by Crippen LogP contribution is -2.45. The SMILES string of the molecule is O=C(c1ccc(OCCC[C@H]2CCCN2NS(=O)(=O)c2ccccc2OC(F)(F)F)cc1)C1CC1. The number of carbonyl (C=O) groups excluding carboxylic acids is 1. The summed E-state index contributed by atoms with van der Waals surface area (Å²) < 4.78 is 73.4. The van der Waals surface area contributed by atoms with Crippen LogP contribution in [0.2, 0.25) is 0 Å². The summed E-state index contributed by atoms with van der Waals surface area (Å²) in [4.78, 5) is 13.9. The first-order valence-electron chi connectivity index (χ1n) is 11.5. The van der Waals surface area contributed by atoms with Gasteiger partial charge in [0, 0.05) is 24.1 Å². The van der Waals surface area contributed by atoms with E-state index in [1.165, 1.54) is 12.1 Å². The number of ether oxygens (including phenoxy) is 2. The van der Waals surface area contributed by atoms with Gasteiger partial charge in [-0.1, -0.05) is 12.1 Å². The number of nitrogens with zero attached hydrogens (tertiary/aromatic N) is 1. The van der Waals surface area contributed by atoms with E-state index in [0.717, 1.165) is 37.8 Å². The van der Waals surface area contributed by atoms with Crippen LogP contribution in [0.4, 0.5) is 13.2 Å². The number of benzene rings is 2. The number of ketones is 1. The molecule has 1 N–H and O–H groups in total. The van der Waals surface area contributed by atoms with E-state index < -0.39 is 27.0 Å². The smallest absolute Gasteiger partial charge is 0.494 e. The second kappa shape index (κ2) is 10.5. The third-order valence-electron chi connectivity index (χ3n) is 6.02. The Labute approximate surface area is 202 Å². The van der Waals surface area contributed by atoms with Gasteiger partial charge in [0.25, 0.3) is 10.0 Å². The number of nitrogens with one attached hydrogen (secondary N) is 1. The normalized spacial score (nSPS) is 19.0. The van der Waals surface area contributed by atoms with Crippen molar-refractivity contribution in [3.8, 4) is 11.5 Å². The van der Waals surface area contributed by atoms with E-state index in [4.69, 9.17) is 4.74 Å². The number of hydrogen-bond acceptors (Lipinski definition) is 6. The predicted molar refractivity (Wildman–Crippen MR) is 121 cm³/mol. The number of sulfonamides is 1. The largest absolute Gasteiger partial charge is 0.573 e. The number of halogens is 3. The third-order valence-corrected chi connectivity index (χ3v) is 7.41. The van der Waals surface area contributed by atoms with Crippen LogP contribution in [-0.4, -0.2) is 44.8 Å². The van der Waals surface area contributed by atoms with E-state index in [1.807, 2.05) is 0 Å². The van der Waals surface area contributed by atoms with Gasteiger partial charge in [0.15, 0.2) is 5.78 Å². The molecule has 2 aromatic carbocycles. The van der Waals surface area contributed by atoms with Gasteiger partial charge in [0.05, 0.1) is 6.61 Å². The van der Waals surface area contributed by atoms with Crippen molar-refractivity contribution in [3.05, 3.63) is 54.1 Å². The second-order valence-corrected chi connectivity index (χ2v) is 10.4. The lowest BCUT2D eigenvalue weighted by Gasteiger charge is -2.25. The lowest BCUT2D eigenvalue weighted by molar-refractivity contribution is -0.275. The molecule has 4 rings (SSSR count). The molecule has 0 spiro atoms. The fourth-order valence-corrected chi connectivity index (χ4v) is 5.43. The van der Waals surface area contributed by atoms with Crippen molar-refractivity contribution >= 4 is 15.8 Å². The van der Waals surface area contributed by atoms with E-state index in [9.17, 15) is 26.4 Å². The van der Waals surface area contributed by atoms with Gasteiger partial charge in [-0.05, 0) is 74.9 Å². The number of rotatable bonds is 11.